The summed E-state index contributed by atoms with van der Waals surface area (Å²) in [6.07, 6.45) is 2.01. The number of rotatable bonds is 3. The molecule has 0 aliphatic rings. The molecular formula is C15H16N2OS. The van der Waals surface area contributed by atoms with Gasteiger partial charge in [0.1, 0.15) is 0 Å². The van der Waals surface area contributed by atoms with E-state index in [0.717, 1.165) is 16.1 Å². The fraction of sp³-hybridized carbons (Fsp3) is 0.133. The zero-order valence-corrected chi connectivity index (χ0v) is 11.8. The predicted octanol–water partition coefficient (Wildman–Crippen LogP) is 3.55. The first-order valence-corrected chi connectivity index (χ1v) is 7.15. The minimum Gasteiger partial charge on any atom is -0.398 e. The number of para-hydroxylation sites is 1. The number of carbonyl (C=O) groups is 1. The third-order valence-electron chi connectivity index (χ3n) is 2.92. The van der Waals surface area contributed by atoms with E-state index in [2.05, 4.69) is 5.32 Å². The summed E-state index contributed by atoms with van der Waals surface area (Å²) < 4.78 is 0. The molecule has 0 bridgehead atoms. The first-order valence-electron chi connectivity index (χ1n) is 5.92. The topological polar surface area (TPSA) is 55.1 Å². The number of nitrogens with two attached hydrogens (primary N) is 1. The molecule has 0 atom stereocenters. The van der Waals surface area contributed by atoms with Gasteiger partial charge in [0, 0.05) is 16.3 Å². The standard InChI is InChI=1S/C15H16N2OS/c1-10-4-3-5-13(14(10)16)15(18)17-11-6-8-12(19-2)9-7-11/h3-9H,16H2,1-2H3,(H,17,18). The van der Waals surface area contributed by atoms with Crippen LogP contribution in [-0.4, -0.2) is 12.2 Å². The number of carbonyl (C=O) groups excluding carboxylic acids is 1. The van der Waals surface area contributed by atoms with Crippen LogP contribution in [0.15, 0.2) is 47.4 Å². The predicted molar refractivity (Wildman–Crippen MR) is 81.8 cm³/mol. The summed E-state index contributed by atoms with van der Waals surface area (Å²) in [7, 11) is 0. The lowest BCUT2D eigenvalue weighted by Gasteiger charge is -2.09. The van der Waals surface area contributed by atoms with Gasteiger partial charge in [0.05, 0.1) is 5.56 Å². The van der Waals surface area contributed by atoms with Gasteiger partial charge in [-0.1, -0.05) is 12.1 Å². The van der Waals surface area contributed by atoms with E-state index in [1.54, 1.807) is 17.8 Å². The highest BCUT2D eigenvalue weighted by molar-refractivity contribution is 7.98. The number of hydrogen-bond acceptors (Lipinski definition) is 3. The summed E-state index contributed by atoms with van der Waals surface area (Å²) in [6, 6.07) is 13.2. The number of thioether (sulfide) groups is 1. The van der Waals surface area contributed by atoms with Crippen LogP contribution in [-0.2, 0) is 0 Å². The molecule has 19 heavy (non-hydrogen) atoms. The Bertz CT molecular complexity index is 594. The molecule has 0 unspecified atom stereocenters. The van der Waals surface area contributed by atoms with Gasteiger partial charge >= 0.3 is 0 Å². The Morgan fingerprint density at radius 1 is 1.16 bits per heavy atom. The first-order chi connectivity index (χ1) is 9.11. The zero-order valence-electron chi connectivity index (χ0n) is 10.9. The third kappa shape index (κ3) is 3.09. The Labute approximate surface area is 117 Å². The Balaban J connectivity index is 2.18. The maximum atomic E-state index is 12.1. The lowest BCUT2D eigenvalue weighted by atomic mass is 10.1. The molecule has 2 rings (SSSR count). The molecule has 1 amide bonds. The van der Waals surface area contributed by atoms with Gasteiger partial charge in [0.2, 0.25) is 0 Å². The molecule has 3 nitrogen and oxygen atoms in total. The molecule has 0 radical (unpaired) electrons. The van der Waals surface area contributed by atoms with E-state index < -0.39 is 0 Å². The minimum absolute atomic E-state index is 0.182. The summed E-state index contributed by atoms with van der Waals surface area (Å²) in [4.78, 5) is 13.3. The molecule has 0 aliphatic heterocycles. The molecule has 0 saturated heterocycles. The van der Waals surface area contributed by atoms with E-state index in [4.69, 9.17) is 5.73 Å². The van der Waals surface area contributed by atoms with E-state index in [1.807, 2.05) is 49.6 Å². The Hall–Kier alpha value is -1.94. The Kier molecular flexibility index (Phi) is 4.12. The van der Waals surface area contributed by atoms with Gasteiger partial charge in [0.15, 0.2) is 0 Å². The summed E-state index contributed by atoms with van der Waals surface area (Å²) in [5, 5.41) is 2.85. The molecule has 98 valence electrons. The summed E-state index contributed by atoms with van der Waals surface area (Å²) >= 11 is 1.66. The van der Waals surface area contributed by atoms with Crippen molar-refractivity contribution in [3.63, 3.8) is 0 Å². The second kappa shape index (κ2) is 5.80. The highest BCUT2D eigenvalue weighted by atomic mass is 32.2. The molecule has 4 heteroatoms. The smallest absolute Gasteiger partial charge is 0.257 e. The van der Waals surface area contributed by atoms with Gasteiger partial charge in [-0.15, -0.1) is 11.8 Å². The lowest BCUT2D eigenvalue weighted by molar-refractivity contribution is 0.102. The van der Waals surface area contributed by atoms with Crippen molar-refractivity contribution in [1.82, 2.24) is 0 Å². The van der Waals surface area contributed by atoms with Crippen molar-refractivity contribution in [3.05, 3.63) is 53.6 Å². The van der Waals surface area contributed by atoms with Crippen molar-refractivity contribution >= 4 is 29.0 Å². The number of hydrogen-bond donors (Lipinski definition) is 2. The van der Waals surface area contributed by atoms with Gasteiger partial charge < -0.3 is 11.1 Å². The van der Waals surface area contributed by atoms with Gasteiger partial charge in [-0.05, 0) is 49.1 Å². The fourth-order valence-corrected chi connectivity index (χ4v) is 2.16. The zero-order chi connectivity index (χ0) is 13.8. The average Bonchev–Trinajstić information content (AvgIpc) is 2.42. The summed E-state index contributed by atoms with van der Waals surface area (Å²) in [5.41, 5.74) is 8.63. The second-order valence-electron chi connectivity index (χ2n) is 4.22. The number of aryl methyl sites for hydroxylation is 1. The van der Waals surface area contributed by atoms with Crippen LogP contribution in [0.1, 0.15) is 15.9 Å². The highest BCUT2D eigenvalue weighted by Crippen LogP contribution is 2.20. The van der Waals surface area contributed by atoms with Crippen molar-refractivity contribution in [3.8, 4) is 0 Å². The second-order valence-corrected chi connectivity index (χ2v) is 5.10. The van der Waals surface area contributed by atoms with Crippen LogP contribution in [0.2, 0.25) is 0 Å². The normalized spacial score (nSPS) is 10.2. The number of nitrogen functional groups attached to an aromatic ring is 1. The van der Waals surface area contributed by atoms with Gasteiger partial charge in [0.25, 0.3) is 5.91 Å². The molecule has 0 aromatic heterocycles. The van der Waals surface area contributed by atoms with E-state index in [0.29, 0.717) is 11.3 Å². The van der Waals surface area contributed by atoms with E-state index in [1.165, 1.54) is 0 Å². The van der Waals surface area contributed by atoms with Crippen molar-refractivity contribution in [1.29, 1.82) is 0 Å². The van der Waals surface area contributed by atoms with Gasteiger partial charge in [-0.2, -0.15) is 0 Å². The number of benzene rings is 2. The molecule has 2 aromatic carbocycles. The van der Waals surface area contributed by atoms with Crippen LogP contribution < -0.4 is 11.1 Å². The van der Waals surface area contributed by atoms with Gasteiger partial charge in [-0.3, -0.25) is 4.79 Å². The van der Waals surface area contributed by atoms with Crippen LogP contribution in [0.4, 0.5) is 11.4 Å². The molecule has 0 heterocycles. The van der Waals surface area contributed by atoms with E-state index in [9.17, 15) is 4.79 Å². The molecule has 0 fully saturated rings. The van der Waals surface area contributed by atoms with Gasteiger partial charge in [-0.25, -0.2) is 0 Å². The summed E-state index contributed by atoms with van der Waals surface area (Å²) in [6.45, 7) is 1.89. The number of amides is 1. The van der Waals surface area contributed by atoms with Crippen LogP contribution in [0, 0.1) is 6.92 Å². The maximum absolute atomic E-state index is 12.1. The third-order valence-corrected chi connectivity index (χ3v) is 3.66. The van der Waals surface area contributed by atoms with Crippen molar-refractivity contribution in [2.45, 2.75) is 11.8 Å². The molecule has 0 aliphatic carbocycles. The number of anilines is 2. The van der Waals surface area contributed by atoms with Crippen molar-refractivity contribution < 1.29 is 4.79 Å². The molecule has 0 spiro atoms. The van der Waals surface area contributed by atoms with Crippen LogP contribution >= 0.6 is 11.8 Å². The lowest BCUT2D eigenvalue weighted by Crippen LogP contribution is -2.14. The van der Waals surface area contributed by atoms with Crippen LogP contribution in [0.25, 0.3) is 0 Å². The van der Waals surface area contributed by atoms with Crippen molar-refractivity contribution in [2.24, 2.45) is 0 Å². The van der Waals surface area contributed by atoms with Crippen LogP contribution in [0.5, 0.6) is 0 Å². The van der Waals surface area contributed by atoms with Crippen LogP contribution in [0.3, 0.4) is 0 Å². The highest BCUT2D eigenvalue weighted by Gasteiger charge is 2.10. The minimum atomic E-state index is -0.182. The fourth-order valence-electron chi connectivity index (χ4n) is 1.75. The maximum Gasteiger partial charge on any atom is 0.257 e. The van der Waals surface area contributed by atoms with E-state index >= 15 is 0 Å². The molecule has 0 saturated carbocycles. The first kappa shape index (κ1) is 13.5. The molecular weight excluding hydrogens is 256 g/mol. The van der Waals surface area contributed by atoms with Crippen molar-refractivity contribution in [2.75, 3.05) is 17.3 Å². The number of nitrogens with one attached hydrogen (secondary N) is 1. The average molecular weight is 272 g/mol. The monoisotopic (exact) mass is 272 g/mol. The Morgan fingerprint density at radius 2 is 1.84 bits per heavy atom. The Morgan fingerprint density at radius 3 is 2.47 bits per heavy atom. The molecule has 2 aromatic rings. The van der Waals surface area contributed by atoms with E-state index in [-0.39, 0.29) is 5.91 Å². The largest absolute Gasteiger partial charge is 0.398 e. The summed E-state index contributed by atoms with van der Waals surface area (Å²) in [5.74, 6) is -0.182. The molecule has 3 N–H and O–H groups in total. The SMILES string of the molecule is CSc1ccc(NC(=O)c2cccc(C)c2N)cc1. The quantitative estimate of drug-likeness (QED) is 0.663.